The molecule has 0 saturated heterocycles. The largest absolute Gasteiger partial charge is 0.549 e. The van der Waals surface area contributed by atoms with Crippen molar-refractivity contribution in [2.45, 2.75) is 23.6 Å². The Bertz CT molecular complexity index is 1200. The van der Waals surface area contributed by atoms with Crippen LogP contribution >= 0.6 is 11.8 Å². The number of thioether (sulfide) groups is 1. The Kier molecular flexibility index (Phi) is 5.32. The van der Waals surface area contributed by atoms with Gasteiger partial charge in [-0.25, -0.2) is 19.2 Å². The van der Waals surface area contributed by atoms with Crippen molar-refractivity contribution >= 4 is 28.8 Å². The van der Waals surface area contributed by atoms with Crippen molar-refractivity contribution < 1.29 is 14.3 Å². The Morgan fingerprint density at radius 1 is 1.25 bits per heavy atom. The highest BCUT2D eigenvalue weighted by atomic mass is 32.2. The third-order valence-electron chi connectivity index (χ3n) is 4.24. The average Bonchev–Trinajstić information content (AvgIpc) is 2.67. The Hall–Kier alpha value is -3.01. The summed E-state index contributed by atoms with van der Waals surface area (Å²) < 4.78 is 15.7. The number of aromatic nitrogens is 4. The van der Waals surface area contributed by atoms with Crippen molar-refractivity contribution in [1.29, 1.82) is 0 Å². The van der Waals surface area contributed by atoms with Gasteiger partial charge in [-0.3, -0.25) is 13.9 Å². The van der Waals surface area contributed by atoms with Crippen LogP contribution in [0.2, 0.25) is 0 Å². The molecule has 0 fully saturated rings. The van der Waals surface area contributed by atoms with Gasteiger partial charge in [-0.05, 0) is 18.6 Å². The fourth-order valence-corrected chi connectivity index (χ4v) is 3.67. The van der Waals surface area contributed by atoms with Gasteiger partial charge in [0.1, 0.15) is 16.2 Å². The number of nitrogens with zero attached hydrogens (tertiary/aromatic N) is 4. The summed E-state index contributed by atoms with van der Waals surface area (Å²) in [4.78, 5) is 45.0. The number of benzene rings is 1. The van der Waals surface area contributed by atoms with Crippen molar-refractivity contribution in [3.8, 4) is 11.4 Å². The molecular formula is C18H16FN4O4S-. The minimum Gasteiger partial charge on any atom is -0.549 e. The van der Waals surface area contributed by atoms with Crippen LogP contribution in [0.1, 0.15) is 13.3 Å². The zero-order valence-electron chi connectivity index (χ0n) is 15.3. The summed E-state index contributed by atoms with van der Waals surface area (Å²) in [6, 6.07) is 5.53. The number of aryl methyl sites for hydroxylation is 1. The van der Waals surface area contributed by atoms with Crippen molar-refractivity contribution in [2.75, 3.05) is 0 Å². The Morgan fingerprint density at radius 2 is 1.96 bits per heavy atom. The molecule has 0 aliphatic rings. The van der Waals surface area contributed by atoms with Gasteiger partial charge in [0, 0.05) is 19.7 Å². The molecule has 0 amide bonds. The molecule has 28 heavy (non-hydrogen) atoms. The van der Waals surface area contributed by atoms with Gasteiger partial charge < -0.3 is 9.90 Å². The van der Waals surface area contributed by atoms with E-state index in [4.69, 9.17) is 0 Å². The predicted molar refractivity (Wildman–Crippen MR) is 100 cm³/mol. The van der Waals surface area contributed by atoms with Gasteiger partial charge in [-0.15, -0.1) is 0 Å². The van der Waals surface area contributed by atoms with E-state index < -0.39 is 28.3 Å². The maximum absolute atomic E-state index is 13.6. The average molecular weight is 403 g/mol. The lowest BCUT2D eigenvalue weighted by Crippen LogP contribution is -2.38. The number of aliphatic carboxylic acids is 1. The highest BCUT2D eigenvalue weighted by Gasteiger charge is 2.21. The lowest BCUT2D eigenvalue weighted by molar-refractivity contribution is -0.304. The van der Waals surface area contributed by atoms with E-state index in [1.165, 1.54) is 36.9 Å². The van der Waals surface area contributed by atoms with Crippen LogP contribution < -0.4 is 16.4 Å². The number of carbonyl (C=O) groups excluding carboxylic acids is 1. The number of fused-ring (bicyclic) bond motifs is 1. The number of carboxylic acids is 1. The van der Waals surface area contributed by atoms with Gasteiger partial charge in [0.15, 0.2) is 11.5 Å². The number of carbonyl (C=O) groups is 1. The molecule has 1 aromatic carbocycles. The van der Waals surface area contributed by atoms with Gasteiger partial charge >= 0.3 is 5.69 Å². The van der Waals surface area contributed by atoms with E-state index in [2.05, 4.69) is 9.97 Å². The summed E-state index contributed by atoms with van der Waals surface area (Å²) in [7, 11) is 2.76. The lowest BCUT2D eigenvalue weighted by atomic mass is 10.2. The number of rotatable bonds is 5. The van der Waals surface area contributed by atoms with Crippen molar-refractivity contribution in [2.24, 2.45) is 14.1 Å². The molecule has 0 spiro atoms. The van der Waals surface area contributed by atoms with E-state index in [1.807, 2.05) is 0 Å². The number of halogens is 1. The van der Waals surface area contributed by atoms with Crippen molar-refractivity contribution in [1.82, 2.24) is 19.1 Å². The summed E-state index contributed by atoms with van der Waals surface area (Å²) in [5.74, 6) is -1.73. The van der Waals surface area contributed by atoms with Gasteiger partial charge in [-0.1, -0.05) is 30.8 Å². The van der Waals surface area contributed by atoms with Crippen LogP contribution in [-0.2, 0) is 18.9 Å². The third kappa shape index (κ3) is 3.42. The number of hydrogen-bond donors (Lipinski definition) is 0. The minimum atomic E-state index is -1.30. The molecule has 2 heterocycles. The van der Waals surface area contributed by atoms with Gasteiger partial charge in [0.25, 0.3) is 5.56 Å². The quantitative estimate of drug-likeness (QED) is 0.449. The normalized spacial score (nSPS) is 12.3. The molecule has 0 unspecified atom stereocenters. The molecule has 10 heteroatoms. The Morgan fingerprint density at radius 3 is 2.57 bits per heavy atom. The fraction of sp³-hybridized carbons (Fsp3) is 0.278. The molecule has 1 atom stereocenters. The molecule has 3 aromatic rings. The zero-order valence-corrected chi connectivity index (χ0v) is 16.1. The van der Waals surface area contributed by atoms with Crippen LogP contribution in [0.25, 0.3) is 22.4 Å². The highest BCUT2D eigenvalue weighted by molar-refractivity contribution is 8.00. The molecule has 0 aliphatic carbocycles. The van der Waals surface area contributed by atoms with Crippen LogP contribution in [0.5, 0.6) is 0 Å². The molecule has 0 aliphatic heterocycles. The second-order valence-electron chi connectivity index (χ2n) is 6.10. The van der Waals surface area contributed by atoms with E-state index in [0.29, 0.717) is 5.56 Å². The molecule has 3 rings (SSSR count). The maximum Gasteiger partial charge on any atom is 0.332 e. The monoisotopic (exact) mass is 403 g/mol. The second kappa shape index (κ2) is 7.55. The zero-order chi connectivity index (χ0) is 20.6. The number of hydrogen-bond acceptors (Lipinski definition) is 7. The molecule has 0 radical (unpaired) electrons. The SMILES string of the molecule is CC[C@@H](Sc1nc(-c2cccc(F)c2)nc2c1c(=O)n(C)c(=O)n2C)C(=O)[O-]. The van der Waals surface area contributed by atoms with E-state index in [-0.39, 0.29) is 28.3 Å². The first-order valence-electron chi connectivity index (χ1n) is 8.35. The molecule has 2 aromatic heterocycles. The van der Waals surface area contributed by atoms with Gasteiger partial charge in [0.05, 0.1) is 11.2 Å². The van der Waals surface area contributed by atoms with Crippen LogP contribution in [0.15, 0.2) is 38.9 Å². The topological polar surface area (TPSA) is 110 Å². The lowest BCUT2D eigenvalue weighted by Gasteiger charge is -2.17. The minimum absolute atomic E-state index is 0.0226. The van der Waals surface area contributed by atoms with E-state index in [9.17, 15) is 23.9 Å². The molecular weight excluding hydrogens is 387 g/mol. The summed E-state index contributed by atoms with van der Waals surface area (Å²) in [6.07, 6.45) is 0.236. The standard InChI is InChI=1S/C18H17FN4O4S/c1-4-11(17(25)26)28-15-12-14(22(2)18(27)23(3)16(12)24)20-13(21-15)9-6-5-7-10(19)8-9/h5-8,11H,4H2,1-3H3,(H,25,26)/p-1/t11-/m1/s1. The first-order valence-corrected chi connectivity index (χ1v) is 9.23. The smallest absolute Gasteiger partial charge is 0.332 e. The van der Waals surface area contributed by atoms with Crippen LogP contribution in [-0.4, -0.2) is 30.3 Å². The molecule has 146 valence electrons. The summed E-state index contributed by atoms with van der Waals surface area (Å²) in [5.41, 5.74) is -0.861. The molecule has 8 nitrogen and oxygen atoms in total. The molecule has 0 bridgehead atoms. The predicted octanol–water partition coefficient (Wildman–Crippen LogP) is 0.454. The molecule has 0 N–H and O–H groups in total. The van der Waals surface area contributed by atoms with Crippen LogP contribution in [0, 0.1) is 5.82 Å². The first kappa shape index (κ1) is 19.7. The fourth-order valence-electron chi connectivity index (χ4n) is 2.70. The maximum atomic E-state index is 13.6. The summed E-state index contributed by atoms with van der Waals surface area (Å²) >= 11 is 0.841. The van der Waals surface area contributed by atoms with Gasteiger partial charge in [-0.2, -0.15) is 0 Å². The number of carboxylic acid groups (broad SMARTS) is 1. The summed E-state index contributed by atoms with van der Waals surface area (Å²) in [5, 5.41) is 10.5. The van der Waals surface area contributed by atoms with Crippen molar-refractivity contribution in [3.63, 3.8) is 0 Å². The third-order valence-corrected chi connectivity index (χ3v) is 5.57. The van der Waals surface area contributed by atoms with E-state index >= 15 is 0 Å². The Labute approximate surface area is 162 Å². The summed E-state index contributed by atoms with van der Waals surface area (Å²) in [6.45, 7) is 1.66. The van der Waals surface area contributed by atoms with Crippen LogP contribution in [0.4, 0.5) is 4.39 Å². The Balaban J connectivity index is 2.39. The van der Waals surface area contributed by atoms with Crippen LogP contribution in [0.3, 0.4) is 0 Å². The second-order valence-corrected chi connectivity index (χ2v) is 7.29. The first-order chi connectivity index (χ1) is 13.2. The van der Waals surface area contributed by atoms with Gasteiger partial charge in [0.2, 0.25) is 0 Å². The van der Waals surface area contributed by atoms with E-state index in [1.54, 1.807) is 13.0 Å². The van der Waals surface area contributed by atoms with E-state index in [0.717, 1.165) is 16.3 Å². The van der Waals surface area contributed by atoms with Crippen molar-refractivity contribution in [3.05, 3.63) is 50.9 Å². The molecule has 0 saturated carbocycles. The highest BCUT2D eigenvalue weighted by Crippen LogP contribution is 2.30.